The first-order valence-corrected chi connectivity index (χ1v) is 4.91. The van der Waals surface area contributed by atoms with Crippen molar-refractivity contribution in [3.8, 4) is 0 Å². The molecule has 0 radical (unpaired) electrons. The Labute approximate surface area is 88.9 Å². The topological polar surface area (TPSA) is 64.1 Å². The number of hydrogen-bond donors (Lipinski definition) is 1. The van der Waals surface area contributed by atoms with Gasteiger partial charge in [0.25, 0.3) is 0 Å². The highest BCUT2D eigenvalue weighted by molar-refractivity contribution is 5.69. The molecule has 0 saturated heterocycles. The Kier molecular flexibility index (Phi) is 4.53. The zero-order chi connectivity index (χ0) is 11.1. The lowest BCUT2D eigenvalue weighted by molar-refractivity contribution is -0.142. The molecule has 0 aromatic carbocycles. The zero-order valence-electron chi connectivity index (χ0n) is 8.99. The Hall–Kier alpha value is -1.65. The molecule has 0 amide bonds. The van der Waals surface area contributed by atoms with Crippen molar-refractivity contribution in [3.05, 3.63) is 18.1 Å². The van der Waals surface area contributed by atoms with Gasteiger partial charge in [0.2, 0.25) is 0 Å². The number of anilines is 1. The molecule has 0 aliphatic carbocycles. The molecule has 1 aromatic heterocycles. The van der Waals surface area contributed by atoms with E-state index in [2.05, 4.69) is 15.3 Å². The summed E-state index contributed by atoms with van der Waals surface area (Å²) in [4.78, 5) is 19.1. The molecule has 0 saturated carbocycles. The standard InChI is InChI=1S/C10H15N3O2/c1-3-15-10(14)5-7-12-9-4-6-11-8(2)13-9/h4,6H,3,5,7H2,1-2H3,(H,11,12,13). The maximum atomic E-state index is 11.0. The van der Waals surface area contributed by atoms with E-state index >= 15 is 0 Å². The van der Waals surface area contributed by atoms with Gasteiger partial charge in [0, 0.05) is 12.7 Å². The molecule has 0 bridgehead atoms. The van der Waals surface area contributed by atoms with Gasteiger partial charge in [0.15, 0.2) is 0 Å². The van der Waals surface area contributed by atoms with Gasteiger partial charge >= 0.3 is 5.97 Å². The van der Waals surface area contributed by atoms with Crippen LogP contribution in [0.4, 0.5) is 5.82 Å². The predicted octanol–water partition coefficient (Wildman–Crippen LogP) is 1.15. The summed E-state index contributed by atoms with van der Waals surface area (Å²) in [5.41, 5.74) is 0. The van der Waals surface area contributed by atoms with E-state index in [9.17, 15) is 4.79 Å². The van der Waals surface area contributed by atoms with E-state index in [1.807, 2.05) is 6.92 Å². The van der Waals surface area contributed by atoms with Gasteiger partial charge < -0.3 is 10.1 Å². The molecule has 1 aromatic rings. The van der Waals surface area contributed by atoms with Gasteiger partial charge in [-0.25, -0.2) is 9.97 Å². The van der Waals surface area contributed by atoms with Crippen LogP contribution in [0.5, 0.6) is 0 Å². The number of aromatic nitrogens is 2. The smallest absolute Gasteiger partial charge is 0.307 e. The summed E-state index contributed by atoms with van der Waals surface area (Å²) in [5.74, 6) is 1.23. The van der Waals surface area contributed by atoms with Crippen molar-refractivity contribution in [2.75, 3.05) is 18.5 Å². The molecule has 15 heavy (non-hydrogen) atoms. The fourth-order valence-electron chi connectivity index (χ4n) is 1.08. The first-order chi connectivity index (χ1) is 7.22. The van der Waals surface area contributed by atoms with Crippen molar-refractivity contribution in [2.45, 2.75) is 20.3 Å². The zero-order valence-corrected chi connectivity index (χ0v) is 8.99. The summed E-state index contributed by atoms with van der Waals surface area (Å²) in [7, 11) is 0. The molecule has 5 nitrogen and oxygen atoms in total. The molecule has 0 unspecified atom stereocenters. The fraction of sp³-hybridized carbons (Fsp3) is 0.500. The van der Waals surface area contributed by atoms with Crippen molar-refractivity contribution in [1.29, 1.82) is 0 Å². The third-order valence-electron chi connectivity index (χ3n) is 1.72. The van der Waals surface area contributed by atoms with Gasteiger partial charge in [-0.3, -0.25) is 4.79 Å². The summed E-state index contributed by atoms with van der Waals surface area (Å²) in [5, 5.41) is 3.02. The van der Waals surface area contributed by atoms with Crippen LogP contribution in [-0.4, -0.2) is 29.1 Å². The average Bonchev–Trinajstić information content (AvgIpc) is 2.18. The van der Waals surface area contributed by atoms with Crippen LogP contribution >= 0.6 is 0 Å². The molecule has 0 fully saturated rings. The van der Waals surface area contributed by atoms with E-state index < -0.39 is 0 Å². The third-order valence-corrected chi connectivity index (χ3v) is 1.72. The number of hydrogen-bond acceptors (Lipinski definition) is 5. The van der Waals surface area contributed by atoms with Crippen molar-refractivity contribution in [2.24, 2.45) is 0 Å². The number of aryl methyl sites for hydroxylation is 1. The highest BCUT2D eigenvalue weighted by Gasteiger charge is 2.01. The SMILES string of the molecule is CCOC(=O)CCNc1ccnc(C)n1. The maximum absolute atomic E-state index is 11.0. The van der Waals surface area contributed by atoms with E-state index in [4.69, 9.17) is 4.74 Å². The molecule has 0 aliphatic rings. The molecule has 1 rings (SSSR count). The minimum atomic E-state index is -0.198. The van der Waals surface area contributed by atoms with Gasteiger partial charge in [0.05, 0.1) is 13.0 Å². The number of carbonyl (C=O) groups excluding carboxylic acids is 1. The van der Waals surface area contributed by atoms with Crippen LogP contribution in [0.25, 0.3) is 0 Å². The minimum Gasteiger partial charge on any atom is -0.466 e. The van der Waals surface area contributed by atoms with Crippen molar-refractivity contribution in [1.82, 2.24) is 9.97 Å². The Morgan fingerprint density at radius 3 is 3.07 bits per heavy atom. The van der Waals surface area contributed by atoms with E-state index in [-0.39, 0.29) is 5.97 Å². The Bertz CT molecular complexity index is 328. The molecule has 82 valence electrons. The molecule has 5 heteroatoms. The summed E-state index contributed by atoms with van der Waals surface area (Å²) >= 11 is 0. The first kappa shape index (κ1) is 11.4. The molecular formula is C10H15N3O2. The van der Waals surface area contributed by atoms with Gasteiger partial charge in [-0.2, -0.15) is 0 Å². The average molecular weight is 209 g/mol. The van der Waals surface area contributed by atoms with Gasteiger partial charge in [-0.05, 0) is 19.9 Å². The maximum Gasteiger partial charge on any atom is 0.307 e. The number of ether oxygens (including phenoxy) is 1. The van der Waals surface area contributed by atoms with Crippen LogP contribution in [0.15, 0.2) is 12.3 Å². The van der Waals surface area contributed by atoms with Crippen molar-refractivity contribution < 1.29 is 9.53 Å². The summed E-state index contributed by atoms with van der Waals surface area (Å²) in [6.07, 6.45) is 2.02. The second-order valence-electron chi connectivity index (χ2n) is 2.97. The normalized spacial score (nSPS) is 9.73. The Balaban J connectivity index is 2.28. The van der Waals surface area contributed by atoms with Crippen LogP contribution in [-0.2, 0) is 9.53 Å². The summed E-state index contributed by atoms with van der Waals surface area (Å²) in [6.45, 7) is 4.55. The lowest BCUT2D eigenvalue weighted by atomic mass is 10.4. The predicted molar refractivity (Wildman–Crippen MR) is 56.5 cm³/mol. The molecular weight excluding hydrogens is 194 g/mol. The molecule has 0 spiro atoms. The van der Waals surface area contributed by atoms with E-state index in [0.29, 0.717) is 25.4 Å². The molecule has 0 atom stereocenters. The lowest BCUT2D eigenvalue weighted by Crippen LogP contribution is -2.12. The van der Waals surface area contributed by atoms with Gasteiger partial charge in [-0.1, -0.05) is 0 Å². The second kappa shape index (κ2) is 5.95. The number of nitrogens with zero attached hydrogens (tertiary/aromatic N) is 2. The highest BCUT2D eigenvalue weighted by Crippen LogP contribution is 2.00. The second-order valence-corrected chi connectivity index (χ2v) is 2.97. The van der Waals surface area contributed by atoms with Crippen LogP contribution < -0.4 is 5.32 Å². The summed E-state index contributed by atoms with van der Waals surface area (Å²) in [6, 6.07) is 1.76. The Morgan fingerprint density at radius 1 is 1.60 bits per heavy atom. The highest BCUT2D eigenvalue weighted by atomic mass is 16.5. The number of nitrogens with one attached hydrogen (secondary N) is 1. The van der Waals surface area contributed by atoms with Crippen LogP contribution in [0.1, 0.15) is 19.2 Å². The number of carbonyl (C=O) groups is 1. The molecule has 0 aliphatic heterocycles. The quantitative estimate of drug-likeness (QED) is 0.737. The van der Waals surface area contributed by atoms with Crippen LogP contribution in [0, 0.1) is 6.92 Å². The monoisotopic (exact) mass is 209 g/mol. The van der Waals surface area contributed by atoms with E-state index in [0.717, 1.165) is 5.82 Å². The minimum absolute atomic E-state index is 0.198. The van der Waals surface area contributed by atoms with Crippen LogP contribution in [0.3, 0.4) is 0 Å². The van der Waals surface area contributed by atoms with Crippen molar-refractivity contribution in [3.63, 3.8) is 0 Å². The summed E-state index contributed by atoms with van der Waals surface area (Å²) < 4.78 is 4.79. The third kappa shape index (κ3) is 4.39. The Morgan fingerprint density at radius 2 is 2.40 bits per heavy atom. The number of esters is 1. The largest absolute Gasteiger partial charge is 0.466 e. The van der Waals surface area contributed by atoms with Gasteiger partial charge in [-0.15, -0.1) is 0 Å². The first-order valence-electron chi connectivity index (χ1n) is 4.91. The van der Waals surface area contributed by atoms with Crippen LogP contribution in [0.2, 0.25) is 0 Å². The van der Waals surface area contributed by atoms with Gasteiger partial charge in [0.1, 0.15) is 11.6 Å². The number of rotatable bonds is 5. The van der Waals surface area contributed by atoms with Crippen molar-refractivity contribution >= 4 is 11.8 Å². The van der Waals surface area contributed by atoms with E-state index in [1.54, 1.807) is 19.2 Å². The lowest BCUT2D eigenvalue weighted by Gasteiger charge is -2.05. The molecule has 1 N–H and O–H groups in total. The fourth-order valence-corrected chi connectivity index (χ4v) is 1.08. The van der Waals surface area contributed by atoms with E-state index in [1.165, 1.54) is 0 Å². The molecule has 1 heterocycles.